The molecule has 0 spiro atoms. The van der Waals surface area contributed by atoms with Gasteiger partial charge < -0.3 is 15.0 Å². The first-order valence-electron chi connectivity index (χ1n) is 10.6. The van der Waals surface area contributed by atoms with Crippen molar-refractivity contribution in [3.8, 4) is 0 Å². The molecule has 0 aromatic carbocycles. The Bertz CT molecular complexity index is 746. The Labute approximate surface area is 167 Å². The first-order valence-corrected chi connectivity index (χ1v) is 10.6. The lowest BCUT2D eigenvalue weighted by molar-refractivity contribution is -0.142. The molecule has 4 heterocycles. The molecule has 3 saturated heterocycles. The molecule has 152 valence electrons. The molecule has 1 N–H and O–H groups in total. The van der Waals surface area contributed by atoms with Gasteiger partial charge in [0, 0.05) is 49.7 Å². The van der Waals surface area contributed by atoms with Gasteiger partial charge in [-0.1, -0.05) is 6.92 Å². The van der Waals surface area contributed by atoms with E-state index in [2.05, 4.69) is 22.1 Å². The summed E-state index contributed by atoms with van der Waals surface area (Å²) in [4.78, 5) is 32.8. The number of hydrogen-bond acceptors (Lipinski definition) is 4. The van der Waals surface area contributed by atoms with Crippen molar-refractivity contribution in [3.63, 3.8) is 0 Å². The van der Waals surface area contributed by atoms with E-state index in [4.69, 9.17) is 4.74 Å². The quantitative estimate of drug-likeness (QED) is 0.846. The minimum atomic E-state index is -0.453. The third-order valence-electron chi connectivity index (χ3n) is 7.06. The number of nitrogens with one attached hydrogen (secondary N) is 1. The maximum Gasteiger partial charge on any atom is 0.228 e. The van der Waals surface area contributed by atoms with Crippen LogP contribution in [0.2, 0.25) is 0 Å². The van der Waals surface area contributed by atoms with Crippen LogP contribution in [0.3, 0.4) is 0 Å². The highest BCUT2D eigenvalue weighted by atomic mass is 16.5. The molecule has 28 heavy (non-hydrogen) atoms. The van der Waals surface area contributed by atoms with Crippen molar-refractivity contribution in [1.29, 1.82) is 0 Å². The number of fused-ring (bicyclic) bond motifs is 2. The average Bonchev–Trinajstić information content (AvgIpc) is 3.28. The summed E-state index contributed by atoms with van der Waals surface area (Å²) < 4.78 is 5.43. The molecule has 3 fully saturated rings. The maximum atomic E-state index is 13.3. The smallest absolute Gasteiger partial charge is 0.228 e. The summed E-state index contributed by atoms with van der Waals surface area (Å²) in [6, 6.07) is 4.19. The van der Waals surface area contributed by atoms with Gasteiger partial charge in [-0.3, -0.25) is 14.6 Å². The third-order valence-corrected chi connectivity index (χ3v) is 7.06. The number of pyridine rings is 1. The third kappa shape index (κ3) is 3.32. The molecule has 0 radical (unpaired) electrons. The van der Waals surface area contributed by atoms with E-state index in [0.717, 1.165) is 49.8 Å². The molecular formula is C22H31N3O3. The number of aryl methyl sites for hydroxylation is 1. The second-order valence-electron chi connectivity index (χ2n) is 8.58. The fourth-order valence-electron chi connectivity index (χ4n) is 5.53. The number of ether oxygens (including phenoxy) is 1. The van der Waals surface area contributed by atoms with Crippen LogP contribution in [-0.2, 0) is 20.9 Å². The van der Waals surface area contributed by atoms with E-state index in [1.165, 1.54) is 0 Å². The first-order chi connectivity index (χ1) is 13.5. The molecule has 1 aromatic rings. The second kappa shape index (κ2) is 7.82. The van der Waals surface area contributed by atoms with Gasteiger partial charge in [-0.25, -0.2) is 0 Å². The van der Waals surface area contributed by atoms with E-state index in [1.54, 1.807) is 6.20 Å². The molecule has 0 unspecified atom stereocenters. The lowest BCUT2D eigenvalue weighted by Gasteiger charge is -2.36. The Balaban J connectivity index is 1.47. The highest BCUT2D eigenvalue weighted by molar-refractivity contribution is 5.87. The zero-order valence-electron chi connectivity index (χ0n) is 16.9. The number of carbonyl (C=O) groups excluding carboxylic acids is 2. The molecule has 3 aliphatic heterocycles. The maximum absolute atomic E-state index is 13.3. The van der Waals surface area contributed by atoms with Crippen LogP contribution in [0.4, 0.5) is 0 Å². The van der Waals surface area contributed by atoms with E-state index in [-0.39, 0.29) is 29.8 Å². The number of amides is 2. The van der Waals surface area contributed by atoms with E-state index >= 15 is 0 Å². The van der Waals surface area contributed by atoms with Crippen LogP contribution in [0, 0.1) is 18.3 Å². The molecule has 2 amide bonds. The highest BCUT2D eigenvalue weighted by Crippen LogP contribution is 2.52. The predicted molar refractivity (Wildman–Crippen MR) is 105 cm³/mol. The van der Waals surface area contributed by atoms with Crippen LogP contribution in [0.1, 0.15) is 56.7 Å². The average molecular weight is 386 g/mol. The van der Waals surface area contributed by atoms with Gasteiger partial charge in [0.05, 0.1) is 5.41 Å². The van der Waals surface area contributed by atoms with Crippen molar-refractivity contribution in [2.24, 2.45) is 11.3 Å². The van der Waals surface area contributed by atoms with E-state index in [0.29, 0.717) is 19.8 Å². The minimum absolute atomic E-state index is 0.0389. The number of rotatable bonds is 5. The summed E-state index contributed by atoms with van der Waals surface area (Å²) in [5.74, 6) is 0.414. The molecule has 6 nitrogen and oxygen atoms in total. The van der Waals surface area contributed by atoms with Crippen LogP contribution in [-0.4, -0.2) is 47.0 Å². The van der Waals surface area contributed by atoms with Gasteiger partial charge >= 0.3 is 0 Å². The Morgan fingerprint density at radius 2 is 2.07 bits per heavy atom. The summed E-state index contributed by atoms with van der Waals surface area (Å²) in [5.41, 5.74) is 1.56. The lowest BCUT2D eigenvalue weighted by atomic mass is 9.71. The van der Waals surface area contributed by atoms with Crippen molar-refractivity contribution < 1.29 is 14.3 Å². The largest absolute Gasteiger partial charge is 0.381 e. The van der Waals surface area contributed by atoms with Crippen LogP contribution in [0.15, 0.2) is 18.3 Å². The molecule has 0 saturated carbocycles. The highest BCUT2D eigenvalue weighted by Gasteiger charge is 2.60. The summed E-state index contributed by atoms with van der Waals surface area (Å²) in [6.07, 6.45) is 6.92. The fraction of sp³-hybridized carbons (Fsp3) is 0.682. The van der Waals surface area contributed by atoms with Gasteiger partial charge in [0.1, 0.15) is 0 Å². The summed E-state index contributed by atoms with van der Waals surface area (Å²) in [5, 5.41) is 3.16. The summed E-state index contributed by atoms with van der Waals surface area (Å²) >= 11 is 0. The number of nitrogens with zero attached hydrogens (tertiary/aromatic N) is 2. The first kappa shape index (κ1) is 19.4. The molecule has 2 bridgehead atoms. The van der Waals surface area contributed by atoms with Gasteiger partial charge in [0.25, 0.3) is 0 Å². The molecule has 3 atom stereocenters. The lowest BCUT2D eigenvalue weighted by Crippen LogP contribution is -2.50. The molecular weight excluding hydrogens is 354 g/mol. The number of hydrogen-bond donors (Lipinski definition) is 1. The van der Waals surface area contributed by atoms with Crippen molar-refractivity contribution in [1.82, 2.24) is 15.2 Å². The molecule has 1 aromatic heterocycles. The van der Waals surface area contributed by atoms with Crippen molar-refractivity contribution in [2.45, 2.75) is 71.0 Å². The Kier molecular flexibility index (Phi) is 5.41. The van der Waals surface area contributed by atoms with E-state index < -0.39 is 5.41 Å². The second-order valence-corrected chi connectivity index (χ2v) is 8.58. The van der Waals surface area contributed by atoms with Gasteiger partial charge in [-0.05, 0) is 63.1 Å². The molecule has 0 aliphatic carbocycles. The van der Waals surface area contributed by atoms with Crippen LogP contribution in [0.25, 0.3) is 0 Å². The van der Waals surface area contributed by atoms with Crippen LogP contribution >= 0.6 is 0 Å². The van der Waals surface area contributed by atoms with Crippen LogP contribution in [0.5, 0.6) is 0 Å². The Hall–Kier alpha value is -1.95. The SMILES string of the molecule is CC[C@@]1(C(=O)NCc2ccnc(C)c2)C[C@@H]2CC[C@H]1N2C(=O)C1CCOCC1. The topological polar surface area (TPSA) is 71.5 Å². The van der Waals surface area contributed by atoms with E-state index in [1.807, 2.05) is 19.1 Å². The summed E-state index contributed by atoms with van der Waals surface area (Å²) in [7, 11) is 0. The zero-order chi connectivity index (χ0) is 19.7. The van der Waals surface area contributed by atoms with E-state index in [9.17, 15) is 9.59 Å². The Morgan fingerprint density at radius 3 is 2.79 bits per heavy atom. The van der Waals surface area contributed by atoms with Gasteiger partial charge in [0.2, 0.25) is 11.8 Å². The fourth-order valence-corrected chi connectivity index (χ4v) is 5.53. The minimum Gasteiger partial charge on any atom is -0.381 e. The zero-order valence-corrected chi connectivity index (χ0v) is 16.9. The summed E-state index contributed by atoms with van der Waals surface area (Å²) in [6.45, 7) is 5.90. The van der Waals surface area contributed by atoms with Gasteiger partial charge in [0.15, 0.2) is 0 Å². The normalized spacial score (nSPS) is 29.9. The number of aromatic nitrogens is 1. The van der Waals surface area contributed by atoms with Crippen molar-refractivity contribution in [3.05, 3.63) is 29.6 Å². The van der Waals surface area contributed by atoms with Gasteiger partial charge in [-0.15, -0.1) is 0 Å². The number of carbonyl (C=O) groups is 2. The molecule has 3 aliphatic rings. The van der Waals surface area contributed by atoms with Crippen molar-refractivity contribution >= 4 is 11.8 Å². The Morgan fingerprint density at radius 1 is 1.29 bits per heavy atom. The molecule has 6 heteroatoms. The van der Waals surface area contributed by atoms with Crippen LogP contribution < -0.4 is 5.32 Å². The monoisotopic (exact) mass is 385 g/mol. The van der Waals surface area contributed by atoms with Crippen molar-refractivity contribution in [2.75, 3.05) is 13.2 Å². The van der Waals surface area contributed by atoms with Gasteiger partial charge in [-0.2, -0.15) is 0 Å². The predicted octanol–water partition coefficient (Wildman–Crippen LogP) is 2.59. The standard InChI is InChI=1S/C22H31N3O3/c1-3-22(21(27)24-14-16-6-9-23-15(2)12-16)13-18-4-5-19(22)25(18)20(26)17-7-10-28-11-8-17/h6,9,12,17-19H,3-5,7-8,10-11,13-14H2,1-2H3,(H,24,27)/t18-,19+,22+/m0/s1. The molecule has 4 rings (SSSR count).